The van der Waals surface area contributed by atoms with Gasteiger partial charge in [-0.25, -0.2) is 4.39 Å². The maximum absolute atomic E-state index is 12.8. The van der Waals surface area contributed by atoms with E-state index in [-0.39, 0.29) is 0 Å². The second-order valence-corrected chi connectivity index (χ2v) is 2.44. The van der Waals surface area contributed by atoms with E-state index in [1.807, 2.05) is 6.07 Å². The first-order chi connectivity index (χ1) is 4.84. The molecule has 0 radical (unpaired) electrons. The molecule has 0 spiro atoms. The Hall–Kier alpha value is -0.620. The van der Waals surface area contributed by atoms with E-state index in [0.29, 0.717) is 26.1 Å². The van der Waals surface area contributed by atoms with Gasteiger partial charge in [-0.05, 0) is 6.42 Å². The van der Waals surface area contributed by atoms with Gasteiger partial charge in [-0.3, -0.25) is 0 Å². The van der Waals surface area contributed by atoms with Crippen molar-refractivity contribution in [1.29, 1.82) is 5.26 Å². The molecule has 2 nitrogen and oxygen atoms in total. The normalized spacial score (nSPS) is 34.4. The van der Waals surface area contributed by atoms with Gasteiger partial charge >= 0.3 is 0 Å². The number of rotatable bonds is 0. The van der Waals surface area contributed by atoms with Crippen LogP contribution in [0.25, 0.3) is 0 Å². The first-order valence-electron chi connectivity index (χ1n) is 3.46. The summed E-state index contributed by atoms with van der Waals surface area (Å²) in [4.78, 5) is 0. The number of hydrogen-bond acceptors (Lipinski definition) is 2. The zero-order valence-corrected chi connectivity index (χ0v) is 5.72. The smallest absolute Gasteiger partial charge is 0.118 e. The van der Waals surface area contributed by atoms with Gasteiger partial charge in [-0.2, -0.15) is 5.26 Å². The molecule has 2 atom stereocenters. The van der Waals surface area contributed by atoms with Crippen molar-refractivity contribution in [2.24, 2.45) is 5.92 Å². The standard InChI is InChI=1S/C7H10FNO/c8-7-2-4-10-3-1-6(7)5-9/h6-7H,1-4H2/t6-,7-/m1/s1. The molecule has 0 aromatic carbocycles. The van der Waals surface area contributed by atoms with Crippen LogP contribution in [0.3, 0.4) is 0 Å². The lowest BCUT2D eigenvalue weighted by Crippen LogP contribution is -2.12. The van der Waals surface area contributed by atoms with Crippen LogP contribution < -0.4 is 0 Å². The fourth-order valence-corrected chi connectivity index (χ4v) is 1.04. The zero-order chi connectivity index (χ0) is 7.40. The van der Waals surface area contributed by atoms with Gasteiger partial charge in [-0.15, -0.1) is 0 Å². The van der Waals surface area contributed by atoms with Crippen molar-refractivity contribution in [2.75, 3.05) is 13.2 Å². The monoisotopic (exact) mass is 143 g/mol. The van der Waals surface area contributed by atoms with Crippen LogP contribution in [-0.4, -0.2) is 19.4 Å². The fourth-order valence-electron chi connectivity index (χ4n) is 1.04. The van der Waals surface area contributed by atoms with E-state index in [4.69, 9.17) is 10.00 Å². The van der Waals surface area contributed by atoms with Gasteiger partial charge in [0, 0.05) is 19.6 Å². The highest BCUT2D eigenvalue weighted by molar-refractivity contribution is 4.89. The third kappa shape index (κ3) is 1.68. The molecule has 0 unspecified atom stereocenters. The maximum Gasteiger partial charge on any atom is 0.118 e. The highest BCUT2D eigenvalue weighted by Gasteiger charge is 2.22. The molecule has 10 heavy (non-hydrogen) atoms. The predicted octanol–water partition coefficient (Wildman–Crippen LogP) is 1.27. The first-order valence-corrected chi connectivity index (χ1v) is 3.46. The lowest BCUT2D eigenvalue weighted by Gasteiger charge is -2.06. The Balaban J connectivity index is 2.45. The predicted molar refractivity (Wildman–Crippen MR) is 34.1 cm³/mol. The minimum atomic E-state index is -0.979. The molecule has 0 saturated carbocycles. The summed E-state index contributed by atoms with van der Waals surface area (Å²) in [6.45, 7) is 0.984. The quantitative estimate of drug-likeness (QED) is 0.511. The molecule has 0 N–H and O–H groups in total. The van der Waals surface area contributed by atoms with Gasteiger partial charge in [0.2, 0.25) is 0 Å². The molecule has 1 heterocycles. The van der Waals surface area contributed by atoms with Crippen LogP contribution >= 0.6 is 0 Å². The van der Waals surface area contributed by atoms with Crippen molar-refractivity contribution in [3.63, 3.8) is 0 Å². The molecule has 1 aliphatic rings. The Morgan fingerprint density at radius 1 is 1.40 bits per heavy atom. The topological polar surface area (TPSA) is 33.0 Å². The molecule has 1 fully saturated rings. The van der Waals surface area contributed by atoms with Crippen LogP contribution in [0, 0.1) is 17.2 Å². The summed E-state index contributed by atoms with van der Waals surface area (Å²) >= 11 is 0. The van der Waals surface area contributed by atoms with Gasteiger partial charge < -0.3 is 4.74 Å². The highest BCUT2D eigenvalue weighted by atomic mass is 19.1. The van der Waals surface area contributed by atoms with Crippen LogP contribution in [0.2, 0.25) is 0 Å². The van der Waals surface area contributed by atoms with Crippen molar-refractivity contribution in [1.82, 2.24) is 0 Å². The lowest BCUT2D eigenvalue weighted by molar-refractivity contribution is 0.138. The number of nitriles is 1. The van der Waals surface area contributed by atoms with E-state index in [9.17, 15) is 4.39 Å². The number of ether oxygens (including phenoxy) is 1. The van der Waals surface area contributed by atoms with Crippen molar-refractivity contribution in [2.45, 2.75) is 19.0 Å². The number of nitrogens with zero attached hydrogens (tertiary/aromatic N) is 1. The van der Waals surface area contributed by atoms with Crippen LogP contribution in [0.4, 0.5) is 4.39 Å². The van der Waals surface area contributed by atoms with Crippen molar-refractivity contribution >= 4 is 0 Å². The molecular formula is C7H10FNO. The molecule has 3 heteroatoms. The van der Waals surface area contributed by atoms with E-state index < -0.39 is 12.1 Å². The molecular weight excluding hydrogens is 133 g/mol. The van der Waals surface area contributed by atoms with Crippen LogP contribution in [0.5, 0.6) is 0 Å². The third-order valence-corrected chi connectivity index (χ3v) is 1.71. The first kappa shape index (κ1) is 7.49. The summed E-state index contributed by atoms with van der Waals surface area (Å²) in [5.41, 5.74) is 0. The van der Waals surface area contributed by atoms with Gasteiger partial charge in [-0.1, -0.05) is 0 Å². The molecule has 1 saturated heterocycles. The minimum Gasteiger partial charge on any atom is -0.381 e. The lowest BCUT2D eigenvalue weighted by atomic mass is 10.0. The molecule has 0 aromatic heterocycles. The van der Waals surface area contributed by atoms with Crippen molar-refractivity contribution < 1.29 is 9.13 Å². The highest BCUT2D eigenvalue weighted by Crippen LogP contribution is 2.18. The maximum atomic E-state index is 12.8. The number of hydrogen-bond donors (Lipinski definition) is 0. The van der Waals surface area contributed by atoms with Crippen LogP contribution in [0.1, 0.15) is 12.8 Å². The molecule has 56 valence electrons. The Morgan fingerprint density at radius 2 is 2.10 bits per heavy atom. The minimum absolute atomic E-state index is 0.373. The Kier molecular flexibility index (Phi) is 2.64. The van der Waals surface area contributed by atoms with Gasteiger partial charge in [0.25, 0.3) is 0 Å². The van der Waals surface area contributed by atoms with E-state index >= 15 is 0 Å². The average molecular weight is 143 g/mol. The second-order valence-electron chi connectivity index (χ2n) is 2.44. The van der Waals surface area contributed by atoms with Crippen molar-refractivity contribution in [3.05, 3.63) is 0 Å². The second kappa shape index (κ2) is 3.52. The molecule has 1 aliphatic heterocycles. The summed E-state index contributed by atoms with van der Waals surface area (Å²) in [6, 6.07) is 1.94. The summed E-state index contributed by atoms with van der Waals surface area (Å²) < 4.78 is 17.8. The largest absolute Gasteiger partial charge is 0.381 e. The van der Waals surface area contributed by atoms with Gasteiger partial charge in [0.05, 0.1) is 12.0 Å². The molecule has 0 aromatic rings. The molecule has 1 rings (SSSR count). The molecule has 0 aliphatic carbocycles. The Bertz CT molecular complexity index is 143. The molecule has 0 bridgehead atoms. The van der Waals surface area contributed by atoms with Gasteiger partial charge in [0.15, 0.2) is 0 Å². The molecule has 0 amide bonds. The van der Waals surface area contributed by atoms with Crippen LogP contribution in [0.15, 0.2) is 0 Å². The fraction of sp³-hybridized carbons (Fsp3) is 0.857. The Labute approximate surface area is 59.6 Å². The Morgan fingerprint density at radius 3 is 2.80 bits per heavy atom. The van der Waals surface area contributed by atoms with E-state index in [0.717, 1.165) is 0 Å². The van der Waals surface area contributed by atoms with E-state index in [2.05, 4.69) is 0 Å². The van der Waals surface area contributed by atoms with E-state index in [1.165, 1.54) is 0 Å². The van der Waals surface area contributed by atoms with Gasteiger partial charge in [0.1, 0.15) is 6.17 Å². The van der Waals surface area contributed by atoms with Crippen molar-refractivity contribution in [3.8, 4) is 6.07 Å². The summed E-state index contributed by atoms with van der Waals surface area (Å²) in [6.07, 6.45) is -0.0666. The third-order valence-electron chi connectivity index (χ3n) is 1.71. The van der Waals surface area contributed by atoms with E-state index in [1.54, 1.807) is 0 Å². The number of alkyl halides is 1. The summed E-state index contributed by atoms with van der Waals surface area (Å²) in [7, 11) is 0. The number of halogens is 1. The summed E-state index contributed by atoms with van der Waals surface area (Å²) in [5.74, 6) is -0.442. The van der Waals surface area contributed by atoms with Crippen LogP contribution in [-0.2, 0) is 4.74 Å². The SMILES string of the molecule is N#C[C@H]1CCOCC[C@H]1F. The zero-order valence-electron chi connectivity index (χ0n) is 5.72. The average Bonchev–Trinajstić information content (AvgIpc) is 2.13. The summed E-state index contributed by atoms with van der Waals surface area (Å²) in [5, 5.41) is 8.44.